The largest absolute Gasteiger partial charge is 0.490 e. The van der Waals surface area contributed by atoms with E-state index in [2.05, 4.69) is 41.8 Å². The molecule has 0 fully saturated rings. The first-order valence-electron chi connectivity index (χ1n) is 10.8. The second-order valence-electron chi connectivity index (χ2n) is 8.43. The molecule has 2 rings (SSSR count). The normalized spacial score (nSPS) is 12.3. The van der Waals surface area contributed by atoms with Crippen molar-refractivity contribution in [3.8, 4) is 11.5 Å². The van der Waals surface area contributed by atoms with E-state index < -0.39 is 0 Å². The Balaban J connectivity index is 2.03. The Labute approximate surface area is 181 Å². The quantitative estimate of drug-likeness (QED) is 0.545. The van der Waals surface area contributed by atoms with Crippen molar-refractivity contribution in [2.45, 2.75) is 65.6 Å². The van der Waals surface area contributed by atoms with Crippen molar-refractivity contribution in [3.05, 3.63) is 59.7 Å². The lowest BCUT2D eigenvalue weighted by atomic mass is 10.0. The summed E-state index contributed by atoms with van der Waals surface area (Å²) in [6.45, 7) is 11.2. The molecule has 0 heterocycles. The molecule has 0 spiro atoms. The minimum absolute atomic E-state index is 0.0402. The standard InChI is InChI=1S/C25H36N2O3/c1-6-11-21(20-12-9-8-10-13-20)26-17-19-14-15-22(23(16-19)29-7-2)30-18-24(28)27-25(3,4)5/h8-10,12-16,21,26H,6-7,11,17-18H2,1-5H3,(H,27,28). The average Bonchev–Trinajstić information content (AvgIpc) is 2.70. The second kappa shape index (κ2) is 11.6. The molecule has 0 radical (unpaired) electrons. The lowest BCUT2D eigenvalue weighted by Crippen LogP contribution is -2.43. The van der Waals surface area contributed by atoms with Crippen molar-refractivity contribution in [1.29, 1.82) is 0 Å². The molecule has 5 nitrogen and oxygen atoms in total. The van der Waals surface area contributed by atoms with E-state index in [9.17, 15) is 4.79 Å². The van der Waals surface area contributed by atoms with Gasteiger partial charge in [-0.25, -0.2) is 0 Å². The number of nitrogens with one attached hydrogen (secondary N) is 2. The highest BCUT2D eigenvalue weighted by Gasteiger charge is 2.16. The molecule has 2 aromatic carbocycles. The topological polar surface area (TPSA) is 59.6 Å². The van der Waals surface area contributed by atoms with Crippen LogP contribution in [0.25, 0.3) is 0 Å². The van der Waals surface area contributed by atoms with E-state index >= 15 is 0 Å². The van der Waals surface area contributed by atoms with E-state index in [-0.39, 0.29) is 18.1 Å². The van der Waals surface area contributed by atoms with Gasteiger partial charge in [-0.2, -0.15) is 0 Å². The highest BCUT2D eigenvalue weighted by molar-refractivity contribution is 5.78. The summed E-state index contributed by atoms with van der Waals surface area (Å²) in [6.07, 6.45) is 2.19. The summed E-state index contributed by atoms with van der Waals surface area (Å²) in [5.74, 6) is 1.09. The zero-order chi connectivity index (χ0) is 22.0. The van der Waals surface area contributed by atoms with Crippen molar-refractivity contribution in [2.75, 3.05) is 13.2 Å². The van der Waals surface area contributed by atoms with Crippen LogP contribution in [0.15, 0.2) is 48.5 Å². The van der Waals surface area contributed by atoms with Crippen LogP contribution in [0.4, 0.5) is 0 Å². The van der Waals surface area contributed by atoms with Crippen molar-refractivity contribution in [2.24, 2.45) is 0 Å². The molecule has 0 aliphatic heterocycles. The molecule has 2 aromatic rings. The van der Waals surface area contributed by atoms with Crippen LogP contribution < -0.4 is 20.1 Å². The molecule has 0 saturated heterocycles. The summed E-state index contributed by atoms with van der Waals surface area (Å²) >= 11 is 0. The molecule has 30 heavy (non-hydrogen) atoms. The van der Waals surface area contributed by atoms with Gasteiger partial charge in [0.1, 0.15) is 0 Å². The Morgan fingerprint density at radius 3 is 2.37 bits per heavy atom. The maximum Gasteiger partial charge on any atom is 0.258 e. The van der Waals surface area contributed by atoms with Gasteiger partial charge in [0.05, 0.1) is 6.61 Å². The highest BCUT2D eigenvalue weighted by Crippen LogP contribution is 2.29. The molecular weight excluding hydrogens is 376 g/mol. The SMILES string of the molecule is CCCC(NCc1ccc(OCC(=O)NC(C)(C)C)c(OCC)c1)c1ccccc1. The summed E-state index contributed by atoms with van der Waals surface area (Å²) in [4.78, 5) is 12.1. The Kier molecular flexibility index (Phi) is 9.18. The van der Waals surface area contributed by atoms with Gasteiger partial charge in [-0.05, 0) is 57.4 Å². The number of hydrogen-bond acceptors (Lipinski definition) is 4. The van der Waals surface area contributed by atoms with Gasteiger partial charge in [0.25, 0.3) is 5.91 Å². The van der Waals surface area contributed by atoms with Crippen LogP contribution in [-0.2, 0) is 11.3 Å². The minimum atomic E-state index is -0.285. The van der Waals surface area contributed by atoms with E-state index in [4.69, 9.17) is 9.47 Å². The first kappa shape index (κ1) is 23.7. The molecule has 0 aliphatic rings. The number of benzene rings is 2. The third kappa shape index (κ3) is 8.07. The van der Waals surface area contributed by atoms with Crippen LogP contribution >= 0.6 is 0 Å². The molecule has 0 aliphatic carbocycles. The number of carbonyl (C=O) groups excluding carboxylic acids is 1. The number of carbonyl (C=O) groups is 1. The van der Waals surface area contributed by atoms with Crippen LogP contribution in [0, 0.1) is 0 Å². The molecule has 1 unspecified atom stereocenters. The molecule has 5 heteroatoms. The van der Waals surface area contributed by atoms with Gasteiger partial charge < -0.3 is 20.1 Å². The molecule has 1 amide bonds. The summed E-state index contributed by atoms with van der Waals surface area (Å²) < 4.78 is 11.5. The van der Waals surface area contributed by atoms with Crippen molar-refractivity contribution in [1.82, 2.24) is 10.6 Å². The third-order valence-corrected chi connectivity index (χ3v) is 4.51. The third-order valence-electron chi connectivity index (χ3n) is 4.51. The number of amides is 1. The average molecular weight is 413 g/mol. The van der Waals surface area contributed by atoms with Crippen LogP contribution in [0.5, 0.6) is 11.5 Å². The smallest absolute Gasteiger partial charge is 0.258 e. The molecule has 0 bridgehead atoms. The summed E-state index contributed by atoms with van der Waals surface area (Å²) in [5.41, 5.74) is 2.13. The van der Waals surface area contributed by atoms with E-state index in [1.54, 1.807) is 0 Å². The fourth-order valence-corrected chi connectivity index (χ4v) is 3.25. The monoisotopic (exact) mass is 412 g/mol. The zero-order valence-electron chi connectivity index (χ0n) is 19.0. The van der Waals surface area contributed by atoms with Gasteiger partial charge in [0.2, 0.25) is 0 Å². The second-order valence-corrected chi connectivity index (χ2v) is 8.43. The van der Waals surface area contributed by atoms with Crippen molar-refractivity contribution in [3.63, 3.8) is 0 Å². The van der Waals surface area contributed by atoms with Gasteiger partial charge in [-0.1, -0.05) is 49.7 Å². The van der Waals surface area contributed by atoms with Crippen molar-refractivity contribution >= 4 is 5.91 Å². The van der Waals surface area contributed by atoms with Gasteiger partial charge in [0.15, 0.2) is 18.1 Å². The predicted molar refractivity (Wildman–Crippen MR) is 122 cm³/mol. The number of ether oxygens (including phenoxy) is 2. The van der Waals surface area contributed by atoms with Crippen LogP contribution in [0.3, 0.4) is 0 Å². The van der Waals surface area contributed by atoms with Crippen LogP contribution in [-0.4, -0.2) is 24.7 Å². The Bertz CT molecular complexity index is 785. The van der Waals surface area contributed by atoms with Gasteiger partial charge >= 0.3 is 0 Å². The maximum absolute atomic E-state index is 12.1. The van der Waals surface area contributed by atoms with Gasteiger partial charge in [-0.15, -0.1) is 0 Å². The van der Waals surface area contributed by atoms with E-state index in [1.807, 2.05) is 52.0 Å². The molecular formula is C25H36N2O3. The van der Waals surface area contributed by atoms with E-state index in [1.165, 1.54) is 5.56 Å². The summed E-state index contributed by atoms with van der Waals surface area (Å²) in [6, 6.07) is 16.7. The summed E-state index contributed by atoms with van der Waals surface area (Å²) in [7, 11) is 0. The Hall–Kier alpha value is -2.53. The van der Waals surface area contributed by atoms with Crippen molar-refractivity contribution < 1.29 is 14.3 Å². The molecule has 0 aromatic heterocycles. The number of hydrogen-bond donors (Lipinski definition) is 2. The Morgan fingerprint density at radius 1 is 1.00 bits per heavy atom. The lowest BCUT2D eigenvalue weighted by molar-refractivity contribution is -0.124. The van der Waals surface area contributed by atoms with Gasteiger partial charge in [-0.3, -0.25) is 4.79 Å². The number of rotatable bonds is 11. The van der Waals surface area contributed by atoms with Gasteiger partial charge in [0, 0.05) is 18.1 Å². The fraction of sp³-hybridized carbons (Fsp3) is 0.480. The Morgan fingerprint density at radius 2 is 1.73 bits per heavy atom. The summed E-state index contributed by atoms with van der Waals surface area (Å²) in [5, 5.41) is 6.56. The molecule has 0 saturated carbocycles. The van der Waals surface area contributed by atoms with Crippen LogP contribution in [0.2, 0.25) is 0 Å². The first-order chi connectivity index (χ1) is 14.3. The minimum Gasteiger partial charge on any atom is -0.490 e. The fourth-order valence-electron chi connectivity index (χ4n) is 3.25. The molecule has 1 atom stereocenters. The maximum atomic E-state index is 12.1. The predicted octanol–water partition coefficient (Wildman–Crippen LogP) is 5.01. The van der Waals surface area contributed by atoms with Crippen LogP contribution in [0.1, 0.15) is 64.6 Å². The zero-order valence-corrected chi connectivity index (χ0v) is 19.0. The molecule has 2 N–H and O–H groups in total. The molecule has 164 valence electrons. The highest BCUT2D eigenvalue weighted by atomic mass is 16.5. The van der Waals surface area contributed by atoms with E-state index in [0.29, 0.717) is 24.1 Å². The first-order valence-corrected chi connectivity index (χ1v) is 10.8. The lowest BCUT2D eigenvalue weighted by Gasteiger charge is -2.21. The van der Waals surface area contributed by atoms with E-state index in [0.717, 1.165) is 24.9 Å².